The molecule has 0 fully saturated rings. The van der Waals surface area contributed by atoms with Crippen LogP contribution in [0.25, 0.3) is 0 Å². The van der Waals surface area contributed by atoms with E-state index in [0.717, 1.165) is 0 Å². The Morgan fingerprint density at radius 2 is 1.53 bits per heavy atom. The lowest BCUT2D eigenvalue weighted by atomic mass is 10.3. The van der Waals surface area contributed by atoms with Gasteiger partial charge in [-0.1, -0.05) is 0 Å². The van der Waals surface area contributed by atoms with Crippen LogP contribution in [-0.2, 0) is 0 Å². The Labute approximate surface area is 94.3 Å². The molecule has 0 unspecified atom stereocenters. The highest BCUT2D eigenvalue weighted by Gasteiger charge is 2.10. The van der Waals surface area contributed by atoms with Crippen LogP contribution in [0.2, 0.25) is 0 Å². The van der Waals surface area contributed by atoms with Gasteiger partial charge in [-0.15, -0.1) is 0 Å². The Balaban J connectivity index is 2.30. The number of nitrogens with two attached hydrogens (primary N) is 1. The second-order valence-corrected chi connectivity index (χ2v) is 3.21. The van der Waals surface area contributed by atoms with Crippen LogP contribution in [0.15, 0.2) is 24.5 Å². The van der Waals surface area contributed by atoms with E-state index >= 15 is 0 Å². The first-order valence-electron chi connectivity index (χ1n) is 4.55. The van der Waals surface area contributed by atoms with Crippen LogP contribution in [0.4, 0.5) is 30.5 Å². The normalized spacial score (nSPS) is 10.3. The monoisotopic (exact) mass is 240 g/mol. The van der Waals surface area contributed by atoms with E-state index in [1.165, 1.54) is 12.4 Å². The lowest BCUT2D eigenvalue weighted by Gasteiger charge is -2.06. The van der Waals surface area contributed by atoms with Gasteiger partial charge in [0.15, 0.2) is 11.6 Å². The van der Waals surface area contributed by atoms with Gasteiger partial charge in [0, 0.05) is 12.1 Å². The summed E-state index contributed by atoms with van der Waals surface area (Å²) < 4.78 is 38.8. The van der Waals surface area contributed by atoms with Crippen molar-refractivity contribution in [2.24, 2.45) is 0 Å². The first-order chi connectivity index (χ1) is 8.06. The summed E-state index contributed by atoms with van der Waals surface area (Å²) in [5.41, 5.74) is 5.44. The Morgan fingerprint density at radius 1 is 0.941 bits per heavy atom. The summed E-state index contributed by atoms with van der Waals surface area (Å²) in [5, 5.41) is 2.41. The van der Waals surface area contributed by atoms with Crippen molar-refractivity contribution in [2.45, 2.75) is 0 Å². The minimum absolute atomic E-state index is 0.0316. The van der Waals surface area contributed by atoms with E-state index in [1.54, 1.807) is 0 Å². The molecular weight excluding hydrogens is 233 g/mol. The first kappa shape index (κ1) is 11.2. The quantitative estimate of drug-likeness (QED) is 0.790. The largest absolute Gasteiger partial charge is 0.396 e. The molecule has 0 aliphatic carbocycles. The second kappa shape index (κ2) is 4.28. The van der Waals surface area contributed by atoms with Crippen LogP contribution in [-0.4, -0.2) is 9.97 Å². The molecule has 0 bridgehead atoms. The van der Waals surface area contributed by atoms with Gasteiger partial charge in [-0.25, -0.2) is 23.1 Å². The van der Waals surface area contributed by atoms with Crippen molar-refractivity contribution in [1.29, 1.82) is 0 Å². The minimum Gasteiger partial charge on any atom is -0.396 e. The number of nitrogens with zero attached hydrogens (tertiary/aromatic N) is 2. The van der Waals surface area contributed by atoms with Crippen molar-refractivity contribution in [3.63, 3.8) is 0 Å². The zero-order valence-electron chi connectivity index (χ0n) is 8.42. The van der Waals surface area contributed by atoms with Crippen molar-refractivity contribution >= 4 is 17.3 Å². The number of rotatable bonds is 2. The molecule has 88 valence electrons. The molecular formula is C10H7F3N4. The van der Waals surface area contributed by atoms with E-state index in [9.17, 15) is 13.2 Å². The van der Waals surface area contributed by atoms with Crippen LogP contribution in [0.5, 0.6) is 0 Å². The molecule has 1 heterocycles. The number of anilines is 3. The van der Waals surface area contributed by atoms with Crippen molar-refractivity contribution < 1.29 is 13.2 Å². The highest BCUT2D eigenvalue weighted by atomic mass is 19.2. The molecule has 0 atom stereocenters. The number of aromatic nitrogens is 2. The Hall–Kier alpha value is -2.31. The smallest absolute Gasteiger partial charge is 0.227 e. The average molecular weight is 240 g/mol. The molecule has 1 aromatic carbocycles. The summed E-state index contributed by atoms with van der Waals surface area (Å²) in [6.45, 7) is 0. The van der Waals surface area contributed by atoms with Gasteiger partial charge in [0.05, 0.1) is 23.8 Å². The third kappa shape index (κ3) is 2.44. The van der Waals surface area contributed by atoms with Crippen LogP contribution in [0.3, 0.4) is 0 Å². The molecule has 2 aromatic rings. The van der Waals surface area contributed by atoms with Gasteiger partial charge in [0.25, 0.3) is 0 Å². The zero-order chi connectivity index (χ0) is 12.4. The van der Waals surface area contributed by atoms with Gasteiger partial charge in [0.1, 0.15) is 5.82 Å². The number of benzene rings is 1. The standard InChI is InChI=1S/C10H7F3N4/c11-6-1-8(13)9(2-7(6)12)17-10-15-3-5(14)4-16-10/h1-4H,14H2,(H,15,16,17). The Bertz CT molecular complexity index is 542. The van der Waals surface area contributed by atoms with Crippen molar-refractivity contribution in [3.05, 3.63) is 42.0 Å². The topological polar surface area (TPSA) is 63.8 Å². The molecule has 4 nitrogen and oxygen atoms in total. The molecule has 0 radical (unpaired) electrons. The fraction of sp³-hybridized carbons (Fsp3) is 0. The summed E-state index contributed by atoms with van der Waals surface area (Å²) >= 11 is 0. The van der Waals surface area contributed by atoms with Crippen LogP contribution < -0.4 is 11.1 Å². The van der Waals surface area contributed by atoms with Gasteiger partial charge in [-0.3, -0.25) is 0 Å². The molecule has 2 rings (SSSR count). The van der Waals surface area contributed by atoms with Crippen LogP contribution >= 0.6 is 0 Å². The van der Waals surface area contributed by atoms with E-state index in [4.69, 9.17) is 5.73 Å². The summed E-state index contributed by atoms with van der Waals surface area (Å²) in [5.74, 6) is -3.33. The lowest BCUT2D eigenvalue weighted by molar-refractivity contribution is 0.496. The molecule has 1 aromatic heterocycles. The van der Waals surface area contributed by atoms with E-state index in [1.807, 2.05) is 0 Å². The zero-order valence-corrected chi connectivity index (χ0v) is 8.42. The summed E-state index contributed by atoms with van der Waals surface area (Å²) in [4.78, 5) is 7.47. The molecule has 0 aliphatic rings. The molecule has 0 aliphatic heterocycles. The van der Waals surface area contributed by atoms with Gasteiger partial charge >= 0.3 is 0 Å². The number of hydrogen-bond acceptors (Lipinski definition) is 4. The molecule has 0 spiro atoms. The van der Waals surface area contributed by atoms with E-state index in [-0.39, 0.29) is 11.6 Å². The number of halogens is 3. The maximum atomic E-state index is 13.2. The molecule has 17 heavy (non-hydrogen) atoms. The second-order valence-electron chi connectivity index (χ2n) is 3.21. The predicted octanol–water partition coefficient (Wildman–Crippen LogP) is 2.22. The fourth-order valence-electron chi connectivity index (χ4n) is 1.14. The molecule has 0 amide bonds. The lowest BCUT2D eigenvalue weighted by Crippen LogP contribution is -2.01. The van der Waals surface area contributed by atoms with Crippen molar-refractivity contribution in [2.75, 3.05) is 11.1 Å². The van der Waals surface area contributed by atoms with Crippen LogP contribution in [0.1, 0.15) is 0 Å². The first-order valence-corrected chi connectivity index (χ1v) is 4.55. The maximum absolute atomic E-state index is 13.2. The Morgan fingerprint density at radius 3 is 2.18 bits per heavy atom. The highest BCUT2D eigenvalue weighted by molar-refractivity contribution is 5.54. The maximum Gasteiger partial charge on any atom is 0.227 e. The fourth-order valence-corrected chi connectivity index (χ4v) is 1.14. The number of hydrogen-bond donors (Lipinski definition) is 2. The highest BCUT2D eigenvalue weighted by Crippen LogP contribution is 2.20. The van der Waals surface area contributed by atoms with Gasteiger partial charge in [0.2, 0.25) is 5.95 Å². The minimum atomic E-state index is -1.26. The van der Waals surface area contributed by atoms with E-state index < -0.39 is 17.5 Å². The number of nitrogen functional groups attached to an aromatic ring is 1. The molecule has 0 saturated carbocycles. The van der Waals surface area contributed by atoms with E-state index in [2.05, 4.69) is 15.3 Å². The van der Waals surface area contributed by atoms with Crippen molar-refractivity contribution in [1.82, 2.24) is 9.97 Å². The van der Waals surface area contributed by atoms with Gasteiger partial charge in [-0.2, -0.15) is 0 Å². The molecule has 7 heteroatoms. The summed E-state index contributed by atoms with van der Waals surface area (Å²) in [6.07, 6.45) is 2.60. The van der Waals surface area contributed by atoms with Gasteiger partial charge < -0.3 is 11.1 Å². The third-order valence-corrected chi connectivity index (χ3v) is 1.93. The average Bonchev–Trinajstić information content (AvgIpc) is 2.29. The summed E-state index contributed by atoms with van der Waals surface area (Å²) in [6, 6.07) is 1.12. The Kier molecular flexibility index (Phi) is 2.82. The molecule has 3 N–H and O–H groups in total. The van der Waals surface area contributed by atoms with Crippen LogP contribution in [0, 0.1) is 17.5 Å². The van der Waals surface area contributed by atoms with Crippen molar-refractivity contribution in [3.8, 4) is 0 Å². The molecule has 0 saturated heterocycles. The van der Waals surface area contributed by atoms with E-state index in [0.29, 0.717) is 17.8 Å². The van der Waals surface area contributed by atoms with Gasteiger partial charge in [-0.05, 0) is 0 Å². The summed E-state index contributed by atoms with van der Waals surface area (Å²) in [7, 11) is 0. The SMILES string of the molecule is Nc1cnc(Nc2cc(F)c(F)cc2F)nc1. The third-order valence-electron chi connectivity index (χ3n) is 1.93. The number of nitrogens with one attached hydrogen (secondary N) is 1. The predicted molar refractivity (Wildman–Crippen MR) is 56.0 cm³/mol.